The maximum Gasteiger partial charge on any atom is 0.422 e. The lowest BCUT2D eigenvalue weighted by atomic mass is 9.81. The molecule has 3 heterocycles. The Morgan fingerprint density at radius 3 is 2.74 bits per heavy atom. The van der Waals surface area contributed by atoms with Gasteiger partial charge in [-0.1, -0.05) is 17.4 Å². The maximum absolute atomic E-state index is 12.8. The van der Waals surface area contributed by atoms with Crippen LogP contribution in [0.15, 0.2) is 23.2 Å². The number of nitrogens with zero attached hydrogens (tertiary/aromatic N) is 4. The van der Waals surface area contributed by atoms with Crippen LogP contribution in [-0.2, 0) is 19.4 Å². The number of carbonyl (C=O) groups excluding carboxylic acids is 2. The second-order valence-corrected chi connectivity index (χ2v) is 11.8. The predicted octanol–water partition coefficient (Wildman–Crippen LogP) is 5.18. The van der Waals surface area contributed by atoms with E-state index in [1.54, 1.807) is 30.1 Å². The Bertz CT molecular complexity index is 1210. The van der Waals surface area contributed by atoms with Crippen LogP contribution in [0.5, 0.6) is 5.19 Å². The zero-order valence-corrected chi connectivity index (χ0v) is 22.8. The van der Waals surface area contributed by atoms with Crippen LogP contribution in [0, 0.1) is 11.8 Å². The summed E-state index contributed by atoms with van der Waals surface area (Å²) in [7, 11) is 1.73. The first kappa shape index (κ1) is 27.8. The molecule has 0 N–H and O–H groups in total. The first-order valence-corrected chi connectivity index (χ1v) is 14.3. The van der Waals surface area contributed by atoms with Crippen molar-refractivity contribution in [3.05, 3.63) is 45.5 Å². The highest BCUT2D eigenvalue weighted by molar-refractivity contribution is 7.13. The van der Waals surface area contributed by atoms with Crippen LogP contribution >= 0.6 is 11.3 Å². The van der Waals surface area contributed by atoms with Gasteiger partial charge in [-0.25, -0.2) is 9.98 Å². The van der Waals surface area contributed by atoms with Crippen molar-refractivity contribution in [2.75, 3.05) is 33.3 Å². The first-order valence-electron chi connectivity index (χ1n) is 13.5. The molecule has 39 heavy (non-hydrogen) atoms. The minimum absolute atomic E-state index is 0.0570. The Morgan fingerprint density at radius 1 is 1.21 bits per heavy atom. The van der Waals surface area contributed by atoms with Crippen molar-refractivity contribution < 1.29 is 27.5 Å². The molecule has 1 aliphatic carbocycles. The van der Waals surface area contributed by atoms with Crippen molar-refractivity contribution in [3.63, 3.8) is 0 Å². The molecule has 0 unspecified atom stereocenters. The number of hydrogen-bond acceptors (Lipinski definition) is 6. The summed E-state index contributed by atoms with van der Waals surface area (Å²) in [6.45, 7) is 1.87. The molecule has 2 aliphatic heterocycles. The van der Waals surface area contributed by atoms with Crippen molar-refractivity contribution in [1.29, 1.82) is 0 Å². The van der Waals surface area contributed by atoms with Crippen molar-refractivity contribution in [2.45, 2.75) is 57.7 Å². The van der Waals surface area contributed by atoms with Crippen LogP contribution in [0.1, 0.15) is 69.0 Å². The number of benzene rings is 1. The van der Waals surface area contributed by atoms with Gasteiger partial charge in [-0.05, 0) is 74.6 Å². The van der Waals surface area contributed by atoms with Crippen LogP contribution < -0.4 is 4.74 Å². The van der Waals surface area contributed by atoms with E-state index in [0.717, 1.165) is 80.7 Å². The minimum Gasteiger partial charge on any atom is -0.460 e. The van der Waals surface area contributed by atoms with Crippen molar-refractivity contribution in [1.82, 2.24) is 14.8 Å². The number of ether oxygens (including phenoxy) is 1. The Balaban J connectivity index is 1.04. The SMILES string of the molecule is CN1Cc2c(C(=O)N=CC3CCC(CCN4CCc5nc(OCC(F)(F)F)sc5CC4)CC3)cccc2C1=O. The maximum atomic E-state index is 12.8. The summed E-state index contributed by atoms with van der Waals surface area (Å²) in [5.74, 6) is 0.598. The van der Waals surface area contributed by atoms with Gasteiger partial charge in [0.1, 0.15) is 0 Å². The monoisotopic (exact) mass is 562 g/mol. The molecule has 0 atom stereocenters. The smallest absolute Gasteiger partial charge is 0.422 e. The molecule has 0 spiro atoms. The molecule has 11 heteroatoms. The van der Waals surface area contributed by atoms with E-state index in [2.05, 4.69) is 14.9 Å². The van der Waals surface area contributed by atoms with E-state index in [0.29, 0.717) is 29.5 Å². The van der Waals surface area contributed by atoms with Gasteiger partial charge in [-0.2, -0.15) is 13.2 Å². The summed E-state index contributed by atoms with van der Waals surface area (Å²) in [6.07, 6.45) is 4.32. The van der Waals surface area contributed by atoms with Crippen LogP contribution in [0.2, 0.25) is 0 Å². The van der Waals surface area contributed by atoms with Crippen molar-refractivity contribution in [2.24, 2.45) is 16.8 Å². The summed E-state index contributed by atoms with van der Waals surface area (Å²) >= 11 is 1.24. The third-order valence-electron chi connectivity index (χ3n) is 7.96. The van der Waals surface area contributed by atoms with E-state index < -0.39 is 12.8 Å². The number of rotatable bonds is 7. The molecule has 3 aliphatic rings. The van der Waals surface area contributed by atoms with Gasteiger partial charge in [0.15, 0.2) is 6.61 Å². The molecule has 2 aromatic rings. The number of thiazole rings is 1. The third kappa shape index (κ3) is 6.87. The molecule has 7 nitrogen and oxygen atoms in total. The van der Waals surface area contributed by atoms with Gasteiger partial charge < -0.3 is 14.5 Å². The van der Waals surface area contributed by atoms with Gasteiger partial charge in [-0.3, -0.25) is 9.59 Å². The van der Waals surface area contributed by atoms with E-state index in [9.17, 15) is 22.8 Å². The molecule has 5 rings (SSSR count). The molecular weight excluding hydrogens is 529 g/mol. The molecular formula is C28H33F3N4O3S. The Labute approximate surface area is 230 Å². The standard InChI is InChI=1S/C28H33F3N4O3S/c1-34-16-22-20(3-2-4-21(22)26(34)37)25(36)32-15-19-7-5-18(6-8-19)9-12-35-13-10-23-24(11-14-35)39-27(33-23)38-17-28(29,30)31/h2-4,15,18-19H,5-14,16-17H2,1H3. The highest BCUT2D eigenvalue weighted by Crippen LogP contribution is 2.32. The van der Waals surface area contributed by atoms with E-state index in [1.165, 1.54) is 11.3 Å². The van der Waals surface area contributed by atoms with Crippen LogP contribution in [0.4, 0.5) is 13.2 Å². The average Bonchev–Trinajstić information content (AvgIpc) is 3.38. The van der Waals surface area contributed by atoms with Gasteiger partial charge in [0.05, 0.1) is 5.69 Å². The molecule has 2 amide bonds. The second-order valence-electron chi connectivity index (χ2n) is 10.7. The topological polar surface area (TPSA) is 75.1 Å². The highest BCUT2D eigenvalue weighted by Gasteiger charge is 2.30. The summed E-state index contributed by atoms with van der Waals surface area (Å²) in [4.78, 5) is 38.6. The molecule has 0 radical (unpaired) electrons. The second kappa shape index (κ2) is 11.8. The number of amides is 2. The van der Waals surface area contributed by atoms with Gasteiger partial charge >= 0.3 is 6.18 Å². The van der Waals surface area contributed by atoms with Crippen molar-refractivity contribution in [3.8, 4) is 5.19 Å². The number of aromatic nitrogens is 1. The predicted molar refractivity (Wildman–Crippen MR) is 143 cm³/mol. The zero-order chi connectivity index (χ0) is 27.6. The summed E-state index contributed by atoms with van der Waals surface area (Å²) in [6, 6.07) is 5.26. The Hall–Kier alpha value is -2.79. The number of hydrogen-bond donors (Lipinski definition) is 0. The van der Waals surface area contributed by atoms with Crippen LogP contribution in [0.3, 0.4) is 0 Å². The quantitative estimate of drug-likeness (QED) is 0.435. The van der Waals surface area contributed by atoms with Gasteiger partial charge in [0.25, 0.3) is 17.0 Å². The molecule has 210 valence electrons. The summed E-state index contributed by atoms with van der Waals surface area (Å²) in [5, 5.41) is 0.114. The third-order valence-corrected chi connectivity index (χ3v) is 9.03. The van der Waals surface area contributed by atoms with Gasteiger partial charge in [-0.15, -0.1) is 0 Å². The number of alkyl halides is 3. The lowest BCUT2D eigenvalue weighted by molar-refractivity contribution is -0.153. The molecule has 0 bridgehead atoms. The van der Waals surface area contributed by atoms with Gasteiger partial charge in [0, 0.05) is 55.3 Å². The van der Waals surface area contributed by atoms with Crippen LogP contribution in [-0.4, -0.2) is 72.3 Å². The fraction of sp³-hybridized carbons (Fsp3) is 0.571. The molecule has 0 saturated heterocycles. The first-order chi connectivity index (χ1) is 18.7. The normalized spacial score (nSPS) is 22.2. The number of carbonyl (C=O) groups is 2. The Kier molecular flexibility index (Phi) is 8.37. The fourth-order valence-electron chi connectivity index (χ4n) is 5.72. The van der Waals surface area contributed by atoms with E-state index >= 15 is 0 Å². The summed E-state index contributed by atoms with van der Waals surface area (Å²) < 4.78 is 42.1. The minimum atomic E-state index is -4.36. The largest absolute Gasteiger partial charge is 0.460 e. The zero-order valence-electron chi connectivity index (χ0n) is 22.0. The van der Waals surface area contributed by atoms with E-state index in [1.807, 2.05) is 6.21 Å². The molecule has 1 aromatic heterocycles. The lowest BCUT2D eigenvalue weighted by Crippen LogP contribution is -2.29. The molecule has 1 aromatic carbocycles. The Morgan fingerprint density at radius 2 is 1.97 bits per heavy atom. The highest BCUT2D eigenvalue weighted by atomic mass is 32.1. The number of fused-ring (bicyclic) bond motifs is 2. The fourth-order valence-corrected chi connectivity index (χ4v) is 6.66. The summed E-state index contributed by atoms with van der Waals surface area (Å²) in [5.41, 5.74) is 2.75. The number of halogens is 3. The molecule has 1 saturated carbocycles. The van der Waals surface area contributed by atoms with Crippen LogP contribution in [0.25, 0.3) is 0 Å². The van der Waals surface area contributed by atoms with Crippen molar-refractivity contribution >= 4 is 29.4 Å². The van der Waals surface area contributed by atoms with E-state index in [4.69, 9.17) is 4.74 Å². The molecule has 1 fully saturated rings. The number of aliphatic imine (C=N–C) groups is 1. The van der Waals surface area contributed by atoms with E-state index in [-0.39, 0.29) is 17.0 Å². The van der Waals surface area contributed by atoms with Gasteiger partial charge in [0.2, 0.25) is 0 Å². The average molecular weight is 563 g/mol. The lowest BCUT2D eigenvalue weighted by Gasteiger charge is -2.28.